The maximum absolute atomic E-state index is 12.0. The highest BCUT2D eigenvalue weighted by molar-refractivity contribution is 7.54. The van der Waals surface area contributed by atoms with Gasteiger partial charge in [0.1, 0.15) is 0 Å². The van der Waals surface area contributed by atoms with Crippen LogP contribution in [0.1, 0.15) is 6.42 Å². The van der Waals surface area contributed by atoms with E-state index in [2.05, 4.69) is 10.2 Å². The number of nitrogens with one attached hydrogen (secondary N) is 2. The Kier molecular flexibility index (Phi) is 9.31. The molecule has 0 radical (unpaired) electrons. The summed E-state index contributed by atoms with van der Waals surface area (Å²) in [4.78, 5) is 10.3. The molecule has 0 saturated carbocycles. The normalized spacial score (nSPS) is 11.6. The van der Waals surface area contributed by atoms with Crippen LogP contribution in [0.4, 0.5) is 0 Å². The van der Waals surface area contributed by atoms with Crippen molar-refractivity contribution in [3.63, 3.8) is 0 Å². The molecule has 0 saturated heterocycles. The molecule has 9 heteroatoms. The van der Waals surface area contributed by atoms with Crippen molar-refractivity contribution in [2.75, 3.05) is 31.5 Å². The zero-order valence-electron chi connectivity index (χ0n) is 8.62. The van der Waals surface area contributed by atoms with E-state index >= 15 is 0 Å². The Labute approximate surface area is 104 Å². The first-order chi connectivity index (χ1) is 7.54. The molecule has 0 spiro atoms. The van der Waals surface area contributed by atoms with Crippen molar-refractivity contribution in [1.29, 1.82) is 0 Å². The Morgan fingerprint density at radius 1 is 1.25 bits per heavy atom. The number of halogens is 2. The van der Waals surface area contributed by atoms with Gasteiger partial charge in [0.05, 0.1) is 13.0 Å². The van der Waals surface area contributed by atoms with Crippen LogP contribution in [0.5, 0.6) is 0 Å². The summed E-state index contributed by atoms with van der Waals surface area (Å²) in [5.74, 6) is -0.467. The number of carbonyl (C=O) groups is 1. The fourth-order valence-corrected chi connectivity index (χ4v) is 2.70. The Morgan fingerprint density at radius 2 is 1.75 bits per heavy atom. The molecule has 0 fully saturated rings. The maximum Gasteiger partial charge on any atom is 0.340 e. The lowest BCUT2D eigenvalue weighted by molar-refractivity contribution is -0.137. The summed E-state index contributed by atoms with van der Waals surface area (Å²) in [6, 6.07) is 0. The van der Waals surface area contributed by atoms with Gasteiger partial charge in [-0.15, -0.1) is 23.2 Å². The minimum Gasteiger partial charge on any atom is -0.481 e. The van der Waals surface area contributed by atoms with E-state index in [-0.39, 0.29) is 24.8 Å². The molecule has 0 rings (SSSR count). The van der Waals surface area contributed by atoms with Crippen LogP contribution >= 0.6 is 30.9 Å². The summed E-state index contributed by atoms with van der Waals surface area (Å²) in [7, 11) is -3.24. The van der Waals surface area contributed by atoms with E-state index in [9.17, 15) is 9.36 Å². The highest BCUT2D eigenvalue weighted by Crippen LogP contribution is 2.36. The molecule has 3 N–H and O–H groups in total. The van der Waals surface area contributed by atoms with E-state index < -0.39 is 13.6 Å². The Bertz CT molecular complexity index is 243. The summed E-state index contributed by atoms with van der Waals surface area (Å²) in [6.45, 7) is 0.444. The van der Waals surface area contributed by atoms with Crippen LogP contribution in [-0.4, -0.2) is 42.5 Å². The van der Waals surface area contributed by atoms with Gasteiger partial charge in [-0.1, -0.05) is 0 Å². The largest absolute Gasteiger partial charge is 0.481 e. The highest BCUT2D eigenvalue weighted by Gasteiger charge is 2.21. The van der Waals surface area contributed by atoms with Gasteiger partial charge in [-0.2, -0.15) is 0 Å². The van der Waals surface area contributed by atoms with E-state index in [0.717, 1.165) is 0 Å². The number of alkyl halides is 2. The quantitative estimate of drug-likeness (QED) is 0.415. The third-order valence-corrected chi connectivity index (χ3v) is 3.62. The molecule has 6 nitrogen and oxygen atoms in total. The lowest BCUT2D eigenvalue weighted by Gasteiger charge is -2.19. The number of hydrogen-bond donors (Lipinski definition) is 3. The predicted octanol–water partition coefficient (Wildman–Crippen LogP) is 1.24. The lowest BCUT2D eigenvalue weighted by atomic mass is 10.5. The Morgan fingerprint density at radius 3 is 2.12 bits per heavy atom. The summed E-state index contributed by atoms with van der Waals surface area (Å²) >= 11 is 10.9. The van der Waals surface area contributed by atoms with Gasteiger partial charge in [0, 0.05) is 24.8 Å². The number of rotatable bonds is 10. The second-order valence-electron chi connectivity index (χ2n) is 2.72. The van der Waals surface area contributed by atoms with Gasteiger partial charge < -0.3 is 9.63 Å². The zero-order chi connectivity index (χ0) is 12.4. The summed E-state index contributed by atoms with van der Waals surface area (Å²) in [6.07, 6.45) is -0.213. The average Bonchev–Trinajstić information content (AvgIpc) is 2.23. The van der Waals surface area contributed by atoms with E-state index in [4.69, 9.17) is 32.8 Å². The van der Waals surface area contributed by atoms with Gasteiger partial charge in [-0.05, 0) is 0 Å². The van der Waals surface area contributed by atoms with Crippen molar-refractivity contribution in [1.82, 2.24) is 10.2 Å². The second kappa shape index (κ2) is 9.22. The highest BCUT2D eigenvalue weighted by atomic mass is 35.5. The number of aliphatic carboxylic acids is 1. The van der Waals surface area contributed by atoms with Crippen molar-refractivity contribution < 1.29 is 19.0 Å². The molecule has 0 aliphatic carbocycles. The molecule has 0 aromatic rings. The topological polar surface area (TPSA) is 87.7 Å². The van der Waals surface area contributed by atoms with Gasteiger partial charge in [0.25, 0.3) is 0 Å². The smallest absolute Gasteiger partial charge is 0.340 e. The molecule has 0 aromatic heterocycles. The molecule has 0 heterocycles. The van der Waals surface area contributed by atoms with Crippen LogP contribution in [0.15, 0.2) is 0 Å². The van der Waals surface area contributed by atoms with Crippen LogP contribution in [0, 0.1) is 0 Å². The monoisotopic (exact) mass is 292 g/mol. The molecule has 0 bridgehead atoms. The maximum atomic E-state index is 12.0. The first-order valence-electron chi connectivity index (χ1n) is 4.62. The van der Waals surface area contributed by atoms with E-state index in [0.29, 0.717) is 13.1 Å². The first kappa shape index (κ1) is 16.2. The van der Waals surface area contributed by atoms with E-state index in [1.807, 2.05) is 0 Å². The molecule has 0 atom stereocenters. The number of carboxylic acid groups (broad SMARTS) is 1. The molecular formula is C7H15Cl2N2O4P. The van der Waals surface area contributed by atoms with Crippen LogP contribution in [0.25, 0.3) is 0 Å². The first-order valence-corrected chi connectivity index (χ1v) is 7.32. The summed E-state index contributed by atoms with van der Waals surface area (Å²) < 4.78 is 16.9. The van der Waals surface area contributed by atoms with Gasteiger partial charge in [0.2, 0.25) is 0 Å². The number of carboxylic acids is 1. The van der Waals surface area contributed by atoms with Crippen LogP contribution in [0.2, 0.25) is 0 Å². The lowest BCUT2D eigenvalue weighted by Crippen LogP contribution is -2.27. The molecule has 0 aliphatic rings. The van der Waals surface area contributed by atoms with Crippen molar-refractivity contribution in [2.45, 2.75) is 6.42 Å². The van der Waals surface area contributed by atoms with Crippen LogP contribution < -0.4 is 10.2 Å². The second-order valence-corrected chi connectivity index (χ2v) is 5.47. The zero-order valence-corrected chi connectivity index (χ0v) is 11.0. The molecule has 0 unspecified atom stereocenters. The van der Waals surface area contributed by atoms with Crippen LogP contribution in [-0.2, 0) is 13.9 Å². The fourth-order valence-electron chi connectivity index (χ4n) is 0.788. The molecule has 96 valence electrons. The van der Waals surface area contributed by atoms with Crippen molar-refractivity contribution in [3.8, 4) is 0 Å². The van der Waals surface area contributed by atoms with E-state index in [1.54, 1.807) is 0 Å². The molecule has 0 aromatic carbocycles. The molecular weight excluding hydrogens is 278 g/mol. The predicted molar refractivity (Wildman–Crippen MR) is 63.3 cm³/mol. The van der Waals surface area contributed by atoms with Gasteiger partial charge in [-0.3, -0.25) is 9.36 Å². The van der Waals surface area contributed by atoms with Gasteiger partial charge in [-0.25, -0.2) is 10.2 Å². The minimum absolute atomic E-state index is 0.142. The van der Waals surface area contributed by atoms with Crippen molar-refractivity contribution >= 4 is 36.8 Å². The molecule has 16 heavy (non-hydrogen) atoms. The van der Waals surface area contributed by atoms with Gasteiger partial charge >= 0.3 is 13.6 Å². The molecule has 0 amide bonds. The van der Waals surface area contributed by atoms with Crippen LogP contribution in [0.3, 0.4) is 0 Å². The standard InChI is InChI=1S/C7H15Cl2N2O4P/c8-2-4-10-16(14,11-5-3-9)15-6-1-7(12)13/h1-6H2,(H,12,13)(H2,10,11,14). The molecule has 0 aliphatic heterocycles. The number of hydrogen-bond acceptors (Lipinski definition) is 3. The van der Waals surface area contributed by atoms with Crippen molar-refractivity contribution in [2.24, 2.45) is 0 Å². The summed E-state index contributed by atoms with van der Waals surface area (Å²) in [5.41, 5.74) is 0. The Hall–Kier alpha value is 0.160. The third-order valence-electron chi connectivity index (χ3n) is 1.42. The fraction of sp³-hybridized carbons (Fsp3) is 0.857. The van der Waals surface area contributed by atoms with Crippen molar-refractivity contribution in [3.05, 3.63) is 0 Å². The summed E-state index contributed by atoms with van der Waals surface area (Å²) in [5, 5.41) is 13.6. The average molecular weight is 293 g/mol. The SMILES string of the molecule is O=C(O)CCOP(=O)(NCCCl)NCCCl. The van der Waals surface area contributed by atoms with Gasteiger partial charge in [0.15, 0.2) is 0 Å². The third kappa shape index (κ3) is 8.33. The Balaban J connectivity index is 4.07. The minimum atomic E-state index is -3.24. The van der Waals surface area contributed by atoms with E-state index in [1.165, 1.54) is 0 Å².